The van der Waals surface area contributed by atoms with Crippen LogP contribution >= 0.6 is 11.8 Å². The second-order valence-corrected chi connectivity index (χ2v) is 6.97. The Bertz CT molecular complexity index is 940. The molecule has 0 fully saturated rings. The molecule has 0 radical (unpaired) electrons. The smallest absolute Gasteiger partial charge is 0.277 e. The Morgan fingerprint density at radius 2 is 2.00 bits per heavy atom. The van der Waals surface area contributed by atoms with E-state index in [9.17, 15) is 4.79 Å². The summed E-state index contributed by atoms with van der Waals surface area (Å²) in [6.45, 7) is 3.29. The highest BCUT2D eigenvalue weighted by atomic mass is 32.2. The molecule has 27 heavy (non-hydrogen) atoms. The van der Waals surface area contributed by atoms with Crippen LogP contribution in [0, 0.1) is 0 Å². The molecule has 6 nitrogen and oxygen atoms in total. The fourth-order valence-corrected chi connectivity index (χ4v) is 3.68. The first-order valence-corrected chi connectivity index (χ1v) is 9.81. The summed E-state index contributed by atoms with van der Waals surface area (Å²) in [7, 11) is 0. The molecule has 3 aromatic rings. The molecule has 0 spiro atoms. The van der Waals surface area contributed by atoms with Gasteiger partial charge in [-0.2, -0.15) is 0 Å². The maximum absolute atomic E-state index is 12.6. The number of aromatic nitrogens is 2. The Kier molecular flexibility index (Phi) is 5.11. The van der Waals surface area contributed by atoms with Gasteiger partial charge in [0.25, 0.3) is 5.22 Å². The van der Waals surface area contributed by atoms with Gasteiger partial charge in [-0.15, -0.1) is 10.2 Å². The molecule has 1 aromatic heterocycles. The molecule has 0 saturated heterocycles. The largest absolute Gasteiger partial charge is 0.494 e. The standard InChI is InChI=1S/C20H19N3O3S/c1-2-25-16-9-7-15(8-10-16)19-21-22-20(26-19)27-13-18(24)23-12-11-14-5-3-4-6-17(14)23/h3-10H,2,11-13H2,1H3. The second kappa shape index (κ2) is 7.84. The van der Waals surface area contributed by atoms with E-state index < -0.39 is 0 Å². The number of carbonyl (C=O) groups is 1. The Balaban J connectivity index is 1.38. The van der Waals surface area contributed by atoms with Crippen LogP contribution in [0.2, 0.25) is 0 Å². The van der Waals surface area contributed by atoms with Crippen LogP contribution in [-0.2, 0) is 11.2 Å². The molecule has 1 aliphatic heterocycles. The molecule has 0 bridgehead atoms. The molecule has 0 atom stereocenters. The minimum atomic E-state index is 0.0470. The molecule has 0 N–H and O–H groups in total. The first-order chi connectivity index (χ1) is 13.2. The number of hydrogen-bond donors (Lipinski definition) is 0. The maximum Gasteiger partial charge on any atom is 0.277 e. The molecule has 0 unspecified atom stereocenters. The van der Waals surface area contributed by atoms with Crippen LogP contribution in [0.15, 0.2) is 58.2 Å². The van der Waals surface area contributed by atoms with Gasteiger partial charge in [0, 0.05) is 17.8 Å². The van der Waals surface area contributed by atoms with Gasteiger partial charge in [-0.3, -0.25) is 4.79 Å². The molecular formula is C20H19N3O3S. The molecule has 0 saturated carbocycles. The average Bonchev–Trinajstić information content (AvgIpc) is 3.34. The third-order valence-corrected chi connectivity index (χ3v) is 5.13. The highest BCUT2D eigenvalue weighted by Gasteiger charge is 2.24. The van der Waals surface area contributed by atoms with E-state index in [0.29, 0.717) is 17.7 Å². The van der Waals surface area contributed by atoms with E-state index in [2.05, 4.69) is 16.3 Å². The Morgan fingerprint density at radius 1 is 1.19 bits per heavy atom. The van der Waals surface area contributed by atoms with Crippen LogP contribution in [0.25, 0.3) is 11.5 Å². The lowest BCUT2D eigenvalue weighted by molar-refractivity contribution is -0.116. The minimum Gasteiger partial charge on any atom is -0.494 e. The van der Waals surface area contributed by atoms with Gasteiger partial charge in [0.15, 0.2) is 0 Å². The van der Waals surface area contributed by atoms with Crippen molar-refractivity contribution in [3.8, 4) is 17.2 Å². The van der Waals surface area contributed by atoms with Crippen molar-refractivity contribution in [1.29, 1.82) is 0 Å². The lowest BCUT2D eigenvalue weighted by atomic mass is 10.2. The summed E-state index contributed by atoms with van der Waals surface area (Å²) in [6.07, 6.45) is 0.898. The van der Waals surface area contributed by atoms with Crippen molar-refractivity contribution in [3.63, 3.8) is 0 Å². The van der Waals surface area contributed by atoms with Gasteiger partial charge < -0.3 is 14.1 Å². The normalized spacial score (nSPS) is 12.9. The summed E-state index contributed by atoms with van der Waals surface area (Å²) < 4.78 is 11.1. The third-order valence-electron chi connectivity index (χ3n) is 4.33. The number of hydrogen-bond acceptors (Lipinski definition) is 6. The summed E-state index contributed by atoms with van der Waals surface area (Å²) >= 11 is 1.26. The van der Waals surface area contributed by atoms with Crippen molar-refractivity contribution in [2.24, 2.45) is 0 Å². The molecule has 0 aliphatic carbocycles. The predicted molar refractivity (Wildman–Crippen MR) is 104 cm³/mol. The Morgan fingerprint density at radius 3 is 2.81 bits per heavy atom. The number of ether oxygens (including phenoxy) is 1. The van der Waals surface area contributed by atoms with E-state index in [-0.39, 0.29) is 11.7 Å². The summed E-state index contributed by atoms with van der Waals surface area (Å²) in [5.74, 6) is 1.54. The fraction of sp³-hybridized carbons (Fsp3) is 0.250. The highest BCUT2D eigenvalue weighted by Crippen LogP contribution is 2.29. The monoisotopic (exact) mass is 381 g/mol. The van der Waals surface area contributed by atoms with Crippen LogP contribution in [0.5, 0.6) is 5.75 Å². The van der Waals surface area contributed by atoms with E-state index in [1.165, 1.54) is 17.3 Å². The van der Waals surface area contributed by atoms with Crippen LogP contribution in [0.4, 0.5) is 5.69 Å². The van der Waals surface area contributed by atoms with Crippen molar-refractivity contribution in [1.82, 2.24) is 10.2 Å². The van der Waals surface area contributed by atoms with Gasteiger partial charge in [-0.1, -0.05) is 30.0 Å². The molecule has 2 aromatic carbocycles. The zero-order chi connectivity index (χ0) is 18.6. The molecule has 7 heteroatoms. The molecule has 4 rings (SSSR count). The van der Waals surface area contributed by atoms with Crippen LogP contribution in [0.1, 0.15) is 12.5 Å². The number of carbonyl (C=O) groups excluding carboxylic acids is 1. The van der Waals surface area contributed by atoms with Crippen LogP contribution < -0.4 is 9.64 Å². The number of benzene rings is 2. The van der Waals surface area contributed by atoms with E-state index in [1.807, 2.05) is 54.3 Å². The topological polar surface area (TPSA) is 68.5 Å². The van der Waals surface area contributed by atoms with E-state index in [4.69, 9.17) is 9.15 Å². The summed E-state index contributed by atoms with van der Waals surface area (Å²) in [6, 6.07) is 15.5. The molecule has 138 valence electrons. The minimum absolute atomic E-state index is 0.0470. The Hall–Kier alpha value is -2.80. The quantitative estimate of drug-likeness (QED) is 0.605. The van der Waals surface area contributed by atoms with E-state index >= 15 is 0 Å². The zero-order valence-corrected chi connectivity index (χ0v) is 15.7. The zero-order valence-electron chi connectivity index (χ0n) is 14.9. The first-order valence-electron chi connectivity index (χ1n) is 8.82. The van der Waals surface area contributed by atoms with Crippen molar-refractivity contribution in [2.75, 3.05) is 23.8 Å². The van der Waals surface area contributed by atoms with Crippen molar-refractivity contribution < 1.29 is 13.9 Å². The predicted octanol–water partition coefficient (Wildman–Crippen LogP) is 3.82. The van der Waals surface area contributed by atoms with Gasteiger partial charge >= 0.3 is 0 Å². The first kappa shape index (κ1) is 17.6. The van der Waals surface area contributed by atoms with Gasteiger partial charge in [-0.05, 0) is 49.2 Å². The summed E-state index contributed by atoms with van der Waals surface area (Å²) in [5, 5.41) is 8.50. The van der Waals surface area contributed by atoms with Gasteiger partial charge in [-0.25, -0.2) is 0 Å². The van der Waals surface area contributed by atoms with Crippen LogP contribution in [-0.4, -0.2) is 35.0 Å². The molecule has 1 amide bonds. The number of rotatable bonds is 6. The van der Waals surface area contributed by atoms with Gasteiger partial charge in [0.2, 0.25) is 11.8 Å². The molecule has 2 heterocycles. The SMILES string of the molecule is CCOc1ccc(-c2nnc(SCC(=O)N3CCc4ccccc43)o2)cc1. The average molecular weight is 381 g/mol. The number of fused-ring (bicyclic) bond motifs is 1. The number of anilines is 1. The van der Waals surface area contributed by atoms with E-state index in [1.54, 1.807) is 0 Å². The van der Waals surface area contributed by atoms with Crippen molar-refractivity contribution in [2.45, 2.75) is 18.6 Å². The number of amides is 1. The molecular weight excluding hydrogens is 362 g/mol. The number of thioether (sulfide) groups is 1. The third kappa shape index (κ3) is 3.83. The van der Waals surface area contributed by atoms with Gasteiger partial charge in [0.05, 0.1) is 12.4 Å². The number of para-hydroxylation sites is 1. The fourth-order valence-electron chi connectivity index (χ4n) is 3.04. The lowest BCUT2D eigenvalue weighted by Gasteiger charge is -2.16. The second-order valence-electron chi connectivity index (χ2n) is 6.04. The highest BCUT2D eigenvalue weighted by molar-refractivity contribution is 7.99. The lowest BCUT2D eigenvalue weighted by Crippen LogP contribution is -2.30. The van der Waals surface area contributed by atoms with Gasteiger partial charge in [0.1, 0.15) is 5.75 Å². The molecule has 1 aliphatic rings. The summed E-state index contributed by atoms with van der Waals surface area (Å²) in [5.41, 5.74) is 3.03. The number of nitrogens with zero attached hydrogens (tertiary/aromatic N) is 3. The van der Waals surface area contributed by atoms with Crippen molar-refractivity contribution in [3.05, 3.63) is 54.1 Å². The van der Waals surface area contributed by atoms with Crippen LogP contribution in [0.3, 0.4) is 0 Å². The van der Waals surface area contributed by atoms with E-state index in [0.717, 1.165) is 30.0 Å². The van der Waals surface area contributed by atoms with Crippen molar-refractivity contribution >= 4 is 23.4 Å². The summed E-state index contributed by atoms with van der Waals surface area (Å²) in [4.78, 5) is 14.4. The maximum atomic E-state index is 12.6. The Labute approximate surface area is 161 Å².